The maximum absolute atomic E-state index is 13.0. The number of nitrogens with one attached hydrogen (secondary N) is 2. The predicted molar refractivity (Wildman–Crippen MR) is 120 cm³/mol. The molecule has 0 aliphatic carbocycles. The van der Waals surface area contributed by atoms with Crippen molar-refractivity contribution in [3.63, 3.8) is 0 Å². The number of fused-ring (bicyclic) bond motifs is 1. The normalized spacial score (nSPS) is 11.1. The Kier molecular flexibility index (Phi) is 5.65. The molecule has 0 aliphatic heterocycles. The fourth-order valence-electron chi connectivity index (χ4n) is 3.03. The van der Waals surface area contributed by atoms with Crippen LogP contribution in [-0.2, 0) is 0 Å². The molecule has 0 aliphatic rings. The number of aromatic nitrogens is 3. The van der Waals surface area contributed by atoms with Gasteiger partial charge in [-0.2, -0.15) is 5.10 Å². The van der Waals surface area contributed by atoms with Crippen LogP contribution in [0.3, 0.4) is 0 Å². The molecule has 4 aromatic rings. The average molecular weight is 484 g/mol. The van der Waals surface area contributed by atoms with E-state index in [1.165, 1.54) is 0 Å². The smallest absolute Gasteiger partial charge is 0.267 e. The van der Waals surface area contributed by atoms with Gasteiger partial charge in [-0.3, -0.25) is 20.4 Å². The summed E-state index contributed by atoms with van der Waals surface area (Å²) in [6.07, 6.45) is 1.63. The third-order valence-corrected chi connectivity index (χ3v) is 6.07. The zero-order chi connectivity index (χ0) is 21.3. The molecule has 0 unspecified atom stereocenters. The molecule has 2 N–H and O–H groups in total. The Balaban J connectivity index is 1.68. The van der Waals surface area contributed by atoms with Crippen molar-refractivity contribution >= 4 is 50.1 Å². The second-order valence-corrected chi connectivity index (χ2v) is 8.64. The summed E-state index contributed by atoms with van der Waals surface area (Å²) in [5, 5.41) is 6.98. The molecule has 0 radical (unpaired) electrons. The minimum absolute atomic E-state index is 0.0830. The molecule has 7 nitrogen and oxygen atoms in total. The quantitative estimate of drug-likeness (QED) is 0.415. The van der Waals surface area contributed by atoms with E-state index in [1.54, 1.807) is 46.5 Å². The Morgan fingerprint density at radius 1 is 1.07 bits per heavy atom. The lowest BCUT2D eigenvalue weighted by atomic mass is 10.1. The summed E-state index contributed by atoms with van der Waals surface area (Å²) < 4.78 is 2.42. The number of hydrogen-bond donors (Lipinski definition) is 2. The SMILES string of the molecule is CC(C)n1ncc2c(C(=O)NNC(=O)c3ccccc3Br)cc(-c3cccs3)nc21. The van der Waals surface area contributed by atoms with E-state index < -0.39 is 11.8 Å². The molecule has 4 rings (SSSR count). The minimum atomic E-state index is -0.441. The van der Waals surface area contributed by atoms with E-state index in [9.17, 15) is 9.59 Å². The van der Waals surface area contributed by atoms with Crippen molar-refractivity contribution in [2.45, 2.75) is 19.9 Å². The first-order valence-electron chi connectivity index (χ1n) is 9.23. The maximum atomic E-state index is 13.0. The second kappa shape index (κ2) is 8.37. The lowest BCUT2D eigenvalue weighted by molar-refractivity contribution is 0.0847. The first-order chi connectivity index (χ1) is 14.5. The van der Waals surface area contributed by atoms with Gasteiger partial charge in [0.2, 0.25) is 0 Å². The van der Waals surface area contributed by atoms with Crippen LogP contribution >= 0.6 is 27.3 Å². The van der Waals surface area contributed by atoms with Gasteiger partial charge < -0.3 is 0 Å². The highest BCUT2D eigenvalue weighted by molar-refractivity contribution is 9.10. The van der Waals surface area contributed by atoms with Crippen LogP contribution in [0.25, 0.3) is 21.6 Å². The molecule has 1 aromatic carbocycles. The van der Waals surface area contributed by atoms with Crippen LogP contribution in [0.5, 0.6) is 0 Å². The van der Waals surface area contributed by atoms with Crippen LogP contribution in [0.15, 0.2) is 58.5 Å². The van der Waals surface area contributed by atoms with Gasteiger partial charge >= 0.3 is 0 Å². The van der Waals surface area contributed by atoms with Gasteiger partial charge in [-0.1, -0.05) is 18.2 Å². The van der Waals surface area contributed by atoms with E-state index in [0.717, 1.165) is 4.88 Å². The topological polar surface area (TPSA) is 88.9 Å². The summed E-state index contributed by atoms with van der Waals surface area (Å²) in [5.74, 6) is -0.860. The molecule has 3 aromatic heterocycles. The summed E-state index contributed by atoms with van der Waals surface area (Å²) in [6, 6.07) is 12.7. The number of amides is 2. The van der Waals surface area contributed by atoms with Crippen molar-refractivity contribution in [2.75, 3.05) is 0 Å². The molecular formula is C21H18BrN5O2S. The molecule has 9 heteroatoms. The molecule has 0 spiro atoms. The number of halogens is 1. The van der Waals surface area contributed by atoms with Gasteiger partial charge in [-0.25, -0.2) is 9.67 Å². The fourth-order valence-corrected chi connectivity index (χ4v) is 4.18. The molecule has 0 bridgehead atoms. The Labute approximate surface area is 185 Å². The van der Waals surface area contributed by atoms with Gasteiger partial charge in [0.15, 0.2) is 5.65 Å². The minimum Gasteiger partial charge on any atom is -0.267 e. The fraction of sp³-hybridized carbons (Fsp3) is 0.143. The van der Waals surface area contributed by atoms with E-state index >= 15 is 0 Å². The number of carbonyl (C=O) groups excluding carboxylic acids is 2. The Bertz CT molecular complexity index is 1230. The van der Waals surface area contributed by atoms with E-state index in [0.29, 0.717) is 32.3 Å². The highest BCUT2D eigenvalue weighted by atomic mass is 79.9. The van der Waals surface area contributed by atoms with E-state index in [2.05, 4.69) is 31.9 Å². The van der Waals surface area contributed by atoms with Crippen LogP contribution in [0.4, 0.5) is 0 Å². The number of nitrogens with zero attached hydrogens (tertiary/aromatic N) is 3. The summed E-state index contributed by atoms with van der Waals surface area (Å²) in [7, 11) is 0. The average Bonchev–Trinajstić information content (AvgIpc) is 3.41. The molecule has 0 saturated carbocycles. The highest BCUT2D eigenvalue weighted by Crippen LogP contribution is 2.28. The van der Waals surface area contributed by atoms with Crippen molar-refractivity contribution < 1.29 is 9.59 Å². The third-order valence-electron chi connectivity index (χ3n) is 4.48. The molecule has 152 valence electrons. The van der Waals surface area contributed by atoms with Crippen LogP contribution in [0, 0.1) is 0 Å². The number of hydrazine groups is 1. The van der Waals surface area contributed by atoms with Gasteiger partial charge in [0, 0.05) is 10.5 Å². The van der Waals surface area contributed by atoms with E-state index in [1.807, 2.05) is 37.4 Å². The van der Waals surface area contributed by atoms with E-state index in [4.69, 9.17) is 4.98 Å². The van der Waals surface area contributed by atoms with Crippen molar-refractivity contribution in [2.24, 2.45) is 0 Å². The van der Waals surface area contributed by atoms with Gasteiger partial charge in [0.05, 0.1) is 33.3 Å². The van der Waals surface area contributed by atoms with Crippen molar-refractivity contribution in [1.82, 2.24) is 25.6 Å². The van der Waals surface area contributed by atoms with Gasteiger partial charge in [-0.05, 0) is 59.4 Å². The zero-order valence-electron chi connectivity index (χ0n) is 16.2. The number of rotatable bonds is 4. The first-order valence-corrected chi connectivity index (χ1v) is 10.9. The van der Waals surface area contributed by atoms with Crippen LogP contribution in [0.1, 0.15) is 40.6 Å². The lowest BCUT2D eigenvalue weighted by Crippen LogP contribution is -2.41. The summed E-state index contributed by atoms with van der Waals surface area (Å²) in [5.41, 5.74) is 7.10. The second-order valence-electron chi connectivity index (χ2n) is 6.84. The van der Waals surface area contributed by atoms with Crippen molar-refractivity contribution in [3.05, 3.63) is 69.6 Å². The van der Waals surface area contributed by atoms with Crippen LogP contribution in [0.2, 0.25) is 0 Å². The lowest BCUT2D eigenvalue weighted by Gasteiger charge is -2.11. The monoisotopic (exact) mass is 483 g/mol. The molecular weight excluding hydrogens is 466 g/mol. The standard InChI is InChI=1S/C21H18BrN5O2S/c1-12(2)27-19-15(11-23-27)14(10-17(24-19)18-8-5-9-30-18)21(29)26-25-20(28)13-6-3-4-7-16(13)22/h3-12H,1-2H3,(H,25,28)(H,26,29). The summed E-state index contributed by atoms with van der Waals surface area (Å²) in [6.45, 7) is 4.01. The Morgan fingerprint density at radius 2 is 1.80 bits per heavy atom. The number of carbonyl (C=O) groups is 2. The van der Waals surface area contributed by atoms with E-state index in [-0.39, 0.29) is 6.04 Å². The highest BCUT2D eigenvalue weighted by Gasteiger charge is 2.19. The summed E-state index contributed by atoms with van der Waals surface area (Å²) >= 11 is 4.88. The molecule has 0 atom stereocenters. The van der Waals surface area contributed by atoms with Gasteiger partial charge in [-0.15, -0.1) is 11.3 Å². The number of benzene rings is 1. The van der Waals surface area contributed by atoms with Gasteiger partial charge in [0.1, 0.15) is 0 Å². The predicted octanol–water partition coefficient (Wildman–Crippen LogP) is 4.58. The Morgan fingerprint density at radius 3 is 2.47 bits per heavy atom. The van der Waals surface area contributed by atoms with Crippen molar-refractivity contribution in [3.8, 4) is 10.6 Å². The summed E-state index contributed by atoms with van der Waals surface area (Å²) in [4.78, 5) is 31.1. The molecule has 3 heterocycles. The molecule has 2 amide bonds. The largest absolute Gasteiger partial charge is 0.270 e. The molecule has 30 heavy (non-hydrogen) atoms. The number of hydrogen-bond acceptors (Lipinski definition) is 5. The molecule has 0 fully saturated rings. The third kappa shape index (κ3) is 3.86. The zero-order valence-corrected chi connectivity index (χ0v) is 18.6. The number of pyridine rings is 1. The van der Waals surface area contributed by atoms with Gasteiger partial charge in [0.25, 0.3) is 11.8 Å². The van der Waals surface area contributed by atoms with Crippen LogP contribution in [-0.4, -0.2) is 26.6 Å². The molecule has 0 saturated heterocycles. The maximum Gasteiger partial charge on any atom is 0.270 e. The Hall–Kier alpha value is -3.04. The van der Waals surface area contributed by atoms with Crippen molar-refractivity contribution in [1.29, 1.82) is 0 Å². The number of thiophene rings is 1. The van der Waals surface area contributed by atoms with Crippen LogP contribution < -0.4 is 10.9 Å². The first kappa shape index (κ1) is 20.2.